The molecular formula is C8H15ClNO3+. The van der Waals surface area contributed by atoms with Crippen LogP contribution in [0, 0.1) is 0 Å². The molecule has 0 spiro atoms. The van der Waals surface area contributed by atoms with Crippen molar-refractivity contribution < 1.29 is 18.8 Å². The molecule has 0 bridgehead atoms. The smallest absolute Gasteiger partial charge is 0.420 e. The van der Waals surface area contributed by atoms with Crippen molar-refractivity contribution >= 4 is 23.1 Å². The van der Waals surface area contributed by atoms with E-state index >= 15 is 0 Å². The molecule has 4 nitrogen and oxygen atoms in total. The van der Waals surface area contributed by atoms with Crippen LogP contribution >= 0.6 is 11.6 Å². The summed E-state index contributed by atoms with van der Waals surface area (Å²) in [6.07, 6.45) is -0.613. The molecular weight excluding hydrogens is 194 g/mol. The molecule has 1 atom stereocenters. The molecule has 76 valence electrons. The molecule has 0 aliphatic rings. The molecule has 2 amide bonds. The van der Waals surface area contributed by atoms with Gasteiger partial charge >= 0.3 is 11.5 Å². The first kappa shape index (κ1) is 12.4. The average molecular weight is 209 g/mol. The van der Waals surface area contributed by atoms with Crippen molar-refractivity contribution in [1.29, 1.82) is 0 Å². The van der Waals surface area contributed by atoms with E-state index in [0.717, 1.165) is 0 Å². The second-order valence-electron chi connectivity index (χ2n) is 3.12. The Labute approximate surface area is 83.0 Å². The lowest BCUT2D eigenvalue weighted by Crippen LogP contribution is -2.56. The summed E-state index contributed by atoms with van der Waals surface area (Å²) in [5, 5.41) is -0.728. The summed E-state index contributed by atoms with van der Waals surface area (Å²) in [4.78, 5) is 22.5. The van der Waals surface area contributed by atoms with Gasteiger partial charge in [-0.2, -0.15) is 4.79 Å². The molecule has 0 fully saturated rings. The number of carbonyl (C=O) groups is 2. The zero-order chi connectivity index (χ0) is 10.6. The zero-order valence-electron chi connectivity index (χ0n) is 8.33. The third-order valence-corrected chi connectivity index (χ3v) is 2.40. The Balaban J connectivity index is 4.79. The van der Waals surface area contributed by atoms with E-state index in [1.165, 1.54) is 7.05 Å². The molecule has 0 aliphatic carbocycles. The number of carbonyl (C=O) groups excluding carboxylic acids is 2. The van der Waals surface area contributed by atoms with Gasteiger partial charge in [-0.15, -0.1) is 4.48 Å². The highest BCUT2D eigenvalue weighted by Gasteiger charge is 2.44. The standard InChI is InChI=1S/C8H15ClNO3/c1-5-13-8(12)10(4,6(2)3)7(9)11/h6H,5H2,1-4H3/q+1. The first-order valence-corrected chi connectivity index (χ1v) is 4.48. The summed E-state index contributed by atoms with van der Waals surface area (Å²) in [7, 11) is 1.44. The highest BCUT2D eigenvalue weighted by atomic mass is 35.5. The molecule has 0 aromatic heterocycles. The Morgan fingerprint density at radius 1 is 1.46 bits per heavy atom. The minimum atomic E-state index is -0.728. The predicted molar refractivity (Wildman–Crippen MR) is 49.6 cm³/mol. The summed E-state index contributed by atoms with van der Waals surface area (Å²) in [6, 6.07) is -0.232. The van der Waals surface area contributed by atoms with Crippen molar-refractivity contribution in [1.82, 2.24) is 0 Å². The predicted octanol–water partition coefficient (Wildman–Crippen LogP) is 2.36. The van der Waals surface area contributed by atoms with Crippen LogP contribution in [-0.4, -0.2) is 35.6 Å². The lowest BCUT2D eigenvalue weighted by Gasteiger charge is -2.28. The Bertz CT molecular complexity index is 217. The number of hydrogen-bond acceptors (Lipinski definition) is 3. The molecule has 1 unspecified atom stereocenters. The lowest BCUT2D eigenvalue weighted by atomic mass is 10.3. The number of rotatable bonds is 2. The Kier molecular flexibility index (Phi) is 4.36. The van der Waals surface area contributed by atoms with Gasteiger partial charge in [0.1, 0.15) is 6.04 Å². The fraction of sp³-hybridized carbons (Fsp3) is 0.750. The molecule has 0 radical (unpaired) electrons. The quantitative estimate of drug-likeness (QED) is 0.398. The van der Waals surface area contributed by atoms with Gasteiger partial charge in [-0.1, -0.05) is 0 Å². The molecule has 0 saturated carbocycles. The van der Waals surface area contributed by atoms with Crippen LogP contribution in [0.3, 0.4) is 0 Å². The molecule has 0 saturated heterocycles. The third-order valence-electron chi connectivity index (χ3n) is 2.05. The van der Waals surface area contributed by atoms with Crippen LogP contribution in [-0.2, 0) is 4.74 Å². The fourth-order valence-electron chi connectivity index (χ4n) is 0.743. The minimum absolute atomic E-state index is 0.232. The third kappa shape index (κ3) is 2.42. The van der Waals surface area contributed by atoms with Gasteiger partial charge in [-0.05, 0) is 20.8 Å². The Hall–Kier alpha value is -0.610. The Morgan fingerprint density at radius 2 is 1.92 bits per heavy atom. The monoisotopic (exact) mass is 208 g/mol. The van der Waals surface area contributed by atoms with E-state index in [1.807, 2.05) is 0 Å². The van der Waals surface area contributed by atoms with E-state index in [-0.39, 0.29) is 12.6 Å². The van der Waals surface area contributed by atoms with Crippen molar-refractivity contribution in [2.45, 2.75) is 26.8 Å². The maximum atomic E-state index is 11.4. The van der Waals surface area contributed by atoms with Gasteiger partial charge in [0, 0.05) is 11.6 Å². The molecule has 0 aliphatic heterocycles. The average Bonchev–Trinajstić information content (AvgIpc) is 2.02. The highest BCUT2D eigenvalue weighted by Crippen LogP contribution is 2.16. The van der Waals surface area contributed by atoms with Gasteiger partial charge in [0.05, 0.1) is 13.7 Å². The number of imide groups is 1. The molecule has 0 aromatic carbocycles. The number of nitrogens with zero attached hydrogens (tertiary/aromatic N) is 1. The number of hydrogen-bond donors (Lipinski definition) is 0. The normalized spacial score (nSPS) is 15.2. The molecule has 5 heteroatoms. The molecule has 0 N–H and O–H groups in total. The maximum absolute atomic E-state index is 11.4. The van der Waals surface area contributed by atoms with Crippen LogP contribution in [0.15, 0.2) is 0 Å². The van der Waals surface area contributed by atoms with E-state index in [0.29, 0.717) is 0 Å². The SMILES string of the molecule is CCOC(=O)[N+](C)(C(=O)Cl)C(C)C. The molecule has 0 rings (SSSR count). The summed E-state index contributed by atoms with van der Waals surface area (Å²) in [5.41, 5.74) is 0. The number of halogens is 1. The number of quaternary nitrogens is 1. The zero-order valence-corrected chi connectivity index (χ0v) is 9.09. The van der Waals surface area contributed by atoms with E-state index in [1.54, 1.807) is 20.8 Å². The summed E-state index contributed by atoms with van der Waals surface area (Å²) < 4.78 is 4.23. The highest BCUT2D eigenvalue weighted by molar-refractivity contribution is 6.61. The van der Waals surface area contributed by atoms with Gasteiger partial charge < -0.3 is 4.74 Å². The first-order valence-electron chi connectivity index (χ1n) is 4.10. The van der Waals surface area contributed by atoms with Crippen LogP contribution in [0.1, 0.15) is 20.8 Å². The fourth-order valence-corrected chi connectivity index (χ4v) is 1.01. The second-order valence-corrected chi connectivity index (χ2v) is 3.44. The second kappa shape index (κ2) is 4.58. The molecule has 0 aromatic rings. The van der Waals surface area contributed by atoms with Crippen LogP contribution in [0.4, 0.5) is 9.59 Å². The minimum Gasteiger partial charge on any atom is -0.420 e. The number of ether oxygens (including phenoxy) is 1. The van der Waals surface area contributed by atoms with E-state index in [2.05, 4.69) is 0 Å². The van der Waals surface area contributed by atoms with Gasteiger partial charge in [-0.3, -0.25) is 0 Å². The Morgan fingerprint density at radius 3 is 2.15 bits per heavy atom. The topological polar surface area (TPSA) is 43.4 Å². The van der Waals surface area contributed by atoms with E-state index < -0.39 is 15.9 Å². The first-order chi connectivity index (χ1) is 5.87. The van der Waals surface area contributed by atoms with Gasteiger partial charge in [-0.25, -0.2) is 4.79 Å². The lowest BCUT2D eigenvalue weighted by molar-refractivity contribution is -0.773. The van der Waals surface area contributed by atoms with Crippen molar-refractivity contribution in [3.05, 3.63) is 0 Å². The summed E-state index contributed by atoms with van der Waals surface area (Å²) >= 11 is 5.34. The van der Waals surface area contributed by atoms with Crippen LogP contribution in [0.5, 0.6) is 0 Å². The largest absolute Gasteiger partial charge is 0.524 e. The van der Waals surface area contributed by atoms with Crippen molar-refractivity contribution in [3.63, 3.8) is 0 Å². The molecule has 13 heavy (non-hydrogen) atoms. The van der Waals surface area contributed by atoms with Gasteiger partial charge in [0.2, 0.25) is 0 Å². The molecule has 0 heterocycles. The van der Waals surface area contributed by atoms with Crippen LogP contribution in [0.2, 0.25) is 0 Å². The van der Waals surface area contributed by atoms with Crippen molar-refractivity contribution in [3.8, 4) is 0 Å². The van der Waals surface area contributed by atoms with E-state index in [4.69, 9.17) is 16.3 Å². The van der Waals surface area contributed by atoms with Crippen LogP contribution < -0.4 is 0 Å². The maximum Gasteiger partial charge on any atom is 0.524 e. The van der Waals surface area contributed by atoms with Gasteiger partial charge in [0.25, 0.3) is 0 Å². The number of amides is 2. The summed E-state index contributed by atoms with van der Waals surface area (Å²) in [6.45, 7) is 5.39. The summed E-state index contributed by atoms with van der Waals surface area (Å²) in [5.74, 6) is 0. The van der Waals surface area contributed by atoms with Crippen LogP contribution in [0.25, 0.3) is 0 Å². The van der Waals surface area contributed by atoms with Crippen molar-refractivity contribution in [2.24, 2.45) is 0 Å². The van der Waals surface area contributed by atoms with Gasteiger partial charge in [0.15, 0.2) is 0 Å². The van der Waals surface area contributed by atoms with Crippen molar-refractivity contribution in [2.75, 3.05) is 13.7 Å². The van der Waals surface area contributed by atoms with E-state index in [9.17, 15) is 9.59 Å².